The Bertz CT molecular complexity index is 457. The third-order valence-corrected chi connectivity index (χ3v) is 4.79. The van der Waals surface area contributed by atoms with E-state index in [1.807, 2.05) is 26.8 Å². The first-order valence-corrected chi connectivity index (χ1v) is 9.08. The van der Waals surface area contributed by atoms with Crippen LogP contribution in [-0.2, 0) is 19.0 Å². The van der Waals surface area contributed by atoms with E-state index in [9.17, 15) is 4.79 Å². The standard InChI is InChI=1S/C20H32O4/c1-6-11-16(18(21)24-19(3,4)5)15(7-2)17-14-22-20(23-17)12-9-8-10-13-20/h6-7,15-17H,1-2,8-14H2,3-5H3/t15-,16?,17-/m1/s1. The predicted molar refractivity (Wildman–Crippen MR) is 94.5 cm³/mol. The number of ether oxygens (including phenoxy) is 3. The van der Waals surface area contributed by atoms with Gasteiger partial charge in [0.25, 0.3) is 0 Å². The van der Waals surface area contributed by atoms with Crippen LogP contribution >= 0.6 is 0 Å². The van der Waals surface area contributed by atoms with Crippen LogP contribution in [-0.4, -0.2) is 30.1 Å². The third kappa shape index (κ3) is 4.70. The summed E-state index contributed by atoms with van der Waals surface area (Å²) in [6.07, 6.45) is 9.34. The van der Waals surface area contributed by atoms with Crippen molar-refractivity contribution >= 4 is 5.97 Å². The Morgan fingerprint density at radius 3 is 2.50 bits per heavy atom. The second kappa shape index (κ2) is 7.83. The highest BCUT2D eigenvalue weighted by atomic mass is 16.7. The first-order chi connectivity index (χ1) is 11.3. The molecule has 1 unspecified atom stereocenters. The van der Waals surface area contributed by atoms with Gasteiger partial charge in [0.2, 0.25) is 0 Å². The van der Waals surface area contributed by atoms with Crippen molar-refractivity contribution in [1.29, 1.82) is 0 Å². The molecule has 0 aromatic carbocycles. The number of carbonyl (C=O) groups excluding carboxylic acids is 1. The molecular formula is C20H32O4. The van der Waals surface area contributed by atoms with Gasteiger partial charge < -0.3 is 14.2 Å². The fourth-order valence-electron chi connectivity index (χ4n) is 3.66. The van der Waals surface area contributed by atoms with Crippen LogP contribution in [0.2, 0.25) is 0 Å². The van der Waals surface area contributed by atoms with E-state index in [0.29, 0.717) is 13.0 Å². The molecule has 1 spiro atoms. The molecule has 1 saturated heterocycles. The van der Waals surface area contributed by atoms with Gasteiger partial charge in [-0.1, -0.05) is 18.6 Å². The van der Waals surface area contributed by atoms with Crippen molar-refractivity contribution in [2.24, 2.45) is 11.8 Å². The Hall–Kier alpha value is -1.13. The molecule has 24 heavy (non-hydrogen) atoms. The van der Waals surface area contributed by atoms with E-state index in [2.05, 4.69) is 13.2 Å². The summed E-state index contributed by atoms with van der Waals surface area (Å²) in [5.41, 5.74) is -0.514. The molecule has 4 heteroatoms. The summed E-state index contributed by atoms with van der Waals surface area (Å²) < 4.78 is 18.0. The third-order valence-electron chi connectivity index (χ3n) is 4.79. The van der Waals surface area contributed by atoms with Gasteiger partial charge in [0, 0.05) is 18.8 Å². The van der Waals surface area contributed by atoms with Crippen LogP contribution in [0.15, 0.2) is 25.3 Å². The first-order valence-electron chi connectivity index (χ1n) is 9.08. The molecule has 4 nitrogen and oxygen atoms in total. The Kier molecular flexibility index (Phi) is 6.27. The second-order valence-corrected chi connectivity index (χ2v) is 7.92. The van der Waals surface area contributed by atoms with Crippen LogP contribution in [0.5, 0.6) is 0 Å². The number of hydrogen-bond donors (Lipinski definition) is 0. The minimum atomic E-state index is -0.514. The number of esters is 1. The maximum absolute atomic E-state index is 12.7. The summed E-state index contributed by atoms with van der Waals surface area (Å²) >= 11 is 0. The maximum Gasteiger partial charge on any atom is 0.310 e. The van der Waals surface area contributed by atoms with Crippen molar-refractivity contribution in [2.45, 2.75) is 76.8 Å². The molecule has 2 aliphatic rings. The van der Waals surface area contributed by atoms with Crippen molar-refractivity contribution in [2.75, 3.05) is 6.61 Å². The Morgan fingerprint density at radius 1 is 1.29 bits per heavy atom. The Labute approximate surface area is 146 Å². The monoisotopic (exact) mass is 336 g/mol. The largest absolute Gasteiger partial charge is 0.460 e. The molecule has 0 N–H and O–H groups in total. The van der Waals surface area contributed by atoms with E-state index < -0.39 is 11.4 Å². The summed E-state index contributed by atoms with van der Waals surface area (Å²) in [6.45, 7) is 13.9. The molecule has 0 bridgehead atoms. The van der Waals surface area contributed by atoms with Crippen molar-refractivity contribution in [1.82, 2.24) is 0 Å². The highest BCUT2D eigenvalue weighted by molar-refractivity contribution is 5.74. The average Bonchev–Trinajstić information content (AvgIpc) is 2.89. The molecule has 2 fully saturated rings. The lowest BCUT2D eigenvalue weighted by Gasteiger charge is -2.34. The molecule has 1 saturated carbocycles. The quantitative estimate of drug-likeness (QED) is 0.533. The minimum Gasteiger partial charge on any atom is -0.460 e. The molecule has 0 radical (unpaired) electrons. The van der Waals surface area contributed by atoms with Crippen LogP contribution in [0, 0.1) is 11.8 Å². The summed E-state index contributed by atoms with van der Waals surface area (Å²) in [4.78, 5) is 12.7. The fraction of sp³-hybridized carbons (Fsp3) is 0.750. The minimum absolute atomic E-state index is 0.140. The first kappa shape index (κ1) is 19.2. The lowest BCUT2D eigenvalue weighted by atomic mass is 9.85. The molecule has 0 aromatic heterocycles. The number of carbonyl (C=O) groups is 1. The second-order valence-electron chi connectivity index (χ2n) is 7.92. The van der Waals surface area contributed by atoms with Gasteiger partial charge in [-0.2, -0.15) is 0 Å². The van der Waals surface area contributed by atoms with E-state index in [4.69, 9.17) is 14.2 Å². The van der Waals surface area contributed by atoms with Crippen LogP contribution in [0.3, 0.4) is 0 Å². The Balaban J connectivity index is 2.10. The van der Waals surface area contributed by atoms with Gasteiger partial charge in [0.15, 0.2) is 5.79 Å². The number of rotatable bonds is 6. The zero-order valence-electron chi connectivity index (χ0n) is 15.4. The predicted octanol–water partition coefficient (Wildman–Crippen LogP) is 4.40. The molecule has 0 aromatic rings. The average molecular weight is 336 g/mol. The molecule has 1 heterocycles. The Morgan fingerprint density at radius 2 is 1.96 bits per heavy atom. The SMILES string of the molecule is C=CCC(C(=O)OC(C)(C)C)[C@@H](C=C)[C@H]1COC2(CCCCC2)O1. The van der Waals surface area contributed by atoms with Gasteiger partial charge in [-0.25, -0.2) is 0 Å². The maximum atomic E-state index is 12.7. The summed E-state index contributed by atoms with van der Waals surface area (Å²) in [7, 11) is 0. The highest BCUT2D eigenvalue weighted by Gasteiger charge is 2.46. The van der Waals surface area contributed by atoms with Gasteiger partial charge in [0.05, 0.1) is 18.6 Å². The van der Waals surface area contributed by atoms with Crippen molar-refractivity contribution < 1.29 is 19.0 Å². The summed E-state index contributed by atoms with van der Waals surface area (Å²) in [6, 6.07) is 0. The van der Waals surface area contributed by atoms with Crippen LogP contribution in [0.4, 0.5) is 0 Å². The van der Waals surface area contributed by atoms with Crippen LogP contribution in [0.25, 0.3) is 0 Å². The summed E-state index contributed by atoms with van der Waals surface area (Å²) in [5.74, 6) is -1.15. The molecule has 2 rings (SSSR count). The normalized spacial score (nSPS) is 25.9. The van der Waals surface area contributed by atoms with E-state index in [1.165, 1.54) is 6.42 Å². The zero-order chi connectivity index (χ0) is 17.8. The smallest absolute Gasteiger partial charge is 0.310 e. The van der Waals surface area contributed by atoms with Gasteiger partial charge in [-0.15, -0.1) is 13.2 Å². The van der Waals surface area contributed by atoms with Gasteiger partial charge in [-0.3, -0.25) is 4.79 Å². The molecule has 1 aliphatic carbocycles. The van der Waals surface area contributed by atoms with E-state index >= 15 is 0 Å². The van der Waals surface area contributed by atoms with E-state index in [-0.39, 0.29) is 23.9 Å². The molecular weight excluding hydrogens is 304 g/mol. The van der Waals surface area contributed by atoms with Crippen molar-refractivity contribution in [3.05, 3.63) is 25.3 Å². The van der Waals surface area contributed by atoms with Crippen LogP contribution in [0.1, 0.15) is 59.3 Å². The van der Waals surface area contributed by atoms with E-state index in [0.717, 1.165) is 25.7 Å². The molecule has 1 aliphatic heterocycles. The number of allylic oxidation sites excluding steroid dienone is 1. The number of hydrogen-bond acceptors (Lipinski definition) is 4. The van der Waals surface area contributed by atoms with Crippen molar-refractivity contribution in [3.63, 3.8) is 0 Å². The molecule has 136 valence electrons. The van der Waals surface area contributed by atoms with Gasteiger partial charge in [0.1, 0.15) is 5.60 Å². The van der Waals surface area contributed by atoms with Crippen LogP contribution < -0.4 is 0 Å². The van der Waals surface area contributed by atoms with Gasteiger partial charge >= 0.3 is 5.97 Å². The topological polar surface area (TPSA) is 44.8 Å². The summed E-state index contributed by atoms with van der Waals surface area (Å²) in [5, 5.41) is 0. The zero-order valence-corrected chi connectivity index (χ0v) is 15.4. The van der Waals surface area contributed by atoms with Crippen molar-refractivity contribution in [3.8, 4) is 0 Å². The highest BCUT2D eigenvalue weighted by Crippen LogP contribution is 2.41. The fourth-order valence-corrected chi connectivity index (χ4v) is 3.66. The van der Waals surface area contributed by atoms with E-state index in [1.54, 1.807) is 6.08 Å². The molecule has 0 amide bonds. The molecule has 3 atom stereocenters. The van der Waals surface area contributed by atoms with Gasteiger partial charge in [-0.05, 0) is 40.0 Å². The lowest BCUT2D eigenvalue weighted by molar-refractivity contribution is -0.193. The lowest BCUT2D eigenvalue weighted by Crippen LogP contribution is -2.39.